The van der Waals surface area contributed by atoms with Crippen LogP contribution in [0.25, 0.3) is 10.9 Å². The second-order valence-corrected chi connectivity index (χ2v) is 6.09. The largest absolute Gasteiger partial charge is 0.328 e. The number of aromatic amines is 1. The summed E-state index contributed by atoms with van der Waals surface area (Å²) in [4.78, 5) is 17.5. The molecule has 2 aromatic heterocycles. The summed E-state index contributed by atoms with van der Waals surface area (Å²) < 4.78 is 26.8. The fraction of sp³-hybridized carbons (Fsp3) is 0. The molecule has 0 fully saturated rings. The van der Waals surface area contributed by atoms with Gasteiger partial charge in [0.1, 0.15) is 4.90 Å². The highest BCUT2D eigenvalue weighted by molar-refractivity contribution is 7.92. The molecule has 1 aromatic carbocycles. The van der Waals surface area contributed by atoms with E-state index in [1.165, 1.54) is 12.3 Å². The van der Waals surface area contributed by atoms with Gasteiger partial charge in [-0.3, -0.25) is 14.5 Å². The highest BCUT2D eigenvalue weighted by Gasteiger charge is 2.14. The van der Waals surface area contributed by atoms with E-state index in [1.807, 2.05) is 24.3 Å². The van der Waals surface area contributed by atoms with Gasteiger partial charge in [0, 0.05) is 17.6 Å². The van der Waals surface area contributed by atoms with Crippen LogP contribution in [0.3, 0.4) is 0 Å². The van der Waals surface area contributed by atoms with Gasteiger partial charge in [0.2, 0.25) is 5.56 Å². The smallest absolute Gasteiger partial charge is 0.263 e. The molecule has 0 spiro atoms. The number of H-pyrrole nitrogens is 1. The van der Waals surface area contributed by atoms with Gasteiger partial charge < -0.3 is 4.98 Å². The summed E-state index contributed by atoms with van der Waals surface area (Å²) in [7, 11) is -3.76. The molecule has 0 aliphatic rings. The first-order chi connectivity index (χ1) is 10.0. The fourth-order valence-electron chi connectivity index (χ4n) is 1.90. The average molecular weight is 301 g/mol. The molecular weight excluding hydrogens is 290 g/mol. The topological polar surface area (TPSA) is 91.9 Å². The Kier molecular flexibility index (Phi) is 3.19. The first kappa shape index (κ1) is 13.3. The summed E-state index contributed by atoms with van der Waals surface area (Å²) in [6, 6.07) is 11.5. The van der Waals surface area contributed by atoms with Crippen molar-refractivity contribution in [1.82, 2.24) is 9.97 Å². The summed E-state index contributed by atoms with van der Waals surface area (Å²) >= 11 is 0. The van der Waals surface area contributed by atoms with Crippen LogP contribution in [0.2, 0.25) is 0 Å². The molecular formula is C14H11N3O3S. The summed E-state index contributed by atoms with van der Waals surface area (Å²) in [6.45, 7) is 0. The Morgan fingerprint density at radius 3 is 2.67 bits per heavy atom. The molecule has 0 saturated carbocycles. The van der Waals surface area contributed by atoms with Gasteiger partial charge in [0.15, 0.2) is 0 Å². The van der Waals surface area contributed by atoms with Gasteiger partial charge in [-0.25, -0.2) is 8.42 Å². The standard InChI is InChI=1S/C14H11N3O3S/c18-14-6-5-12(9-16-14)21(19,20)17-11-7-10-3-1-2-4-13(10)15-8-11/h1-9,17H,(H,16,18). The average Bonchev–Trinajstić information content (AvgIpc) is 2.47. The van der Waals surface area contributed by atoms with E-state index in [2.05, 4.69) is 14.7 Å². The van der Waals surface area contributed by atoms with Gasteiger partial charge in [-0.2, -0.15) is 0 Å². The number of aromatic nitrogens is 2. The van der Waals surface area contributed by atoms with Crippen LogP contribution in [-0.2, 0) is 10.0 Å². The maximum absolute atomic E-state index is 12.2. The van der Waals surface area contributed by atoms with Crippen molar-refractivity contribution in [3.8, 4) is 0 Å². The quantitative estimate of drug-likeness (QED) is 0.770. The van der Waals surface area contributed by atoms with E-state index in [-0.39, 0.29) is 10.5 Å². The minimum absolute atomic E-state index is 0.0183. The van der Waals surface area contributed by atoms with Crippen molar-refractivity contribution < 1.29 is 8.42 Å². The second-order valence-electron chi connectivity index (χ2n) is 4.41. The summed E-state index contributed by atoms with van der Waals surface area (Å²) in [5.41, 5.74) is 0.783. The number of fused-ring (bicyclic) bond motifs is 1. The number of hydrogen-bond acceptors (Lipinski definition) is 4. The number of anilines is 1. The monoisotopic (exact) mass is 301 g/mol. The number of nitrogens with one attached hydrogen (secondary N) is 2. The van der Waals surface area contributed by atoms with Crippen molar-refractivity contribution >= 4 is 26.6 Å². The molecule has 0 atom stereocenters. The van der Waals surface area contributed by atoms with Crippen LogP contribution in [-0.4, -0.2) is 18.4 Å². The number of sulfonamides is 1. The normalized spacial score (nSPS) is 11.4. The first-order valence-electron chi connectivity index (χ1n) is 6.11. The zero-order chi connectivity index (χ0) is 14.9. The zero-order valence-corrected chi connectivity index (χ0v) is 11.6. The third-order valence-electron chi connectivity index (χ3n) is 2.91. The SMILES string of the molecule is O=c1ccc(S(=O)(=O)Nc2cnc3ccccc3c2)c[nH]1. The Hall–Kier alpha value is -2.67. The number of rotatable bonds is 3. The van der Waals surface area contributed by atoms with E-state index in [0.29, 0.717) is 5.69 Å². The molecule has 0 saturated heterocycles. The van der Waals surface area contributed by atoms with Gasteiger partial charge in [-0.1, -0.05) is 18.2 Å². The van der Waals surface area contributed by atoms with Gasteiger partial charge in [0.25, 0.3) is 10.0 Å². The van der Waals surface area contributed by atoms with Crippen LogP contribution in [0.15, 0.2) is 64.5 Å². The molecule has 2 N–H and O–H groups in total. The Labute approximate surface area is 120 Å². The summed E-state index contributed by atoms with van der Waals surface area (Å²) in [5.74, 6) is 0. The molecule has 106 valence electrons. The van der Waals surface area contributed by atoms with Crippen LogP contribution < -0.4 is 10.3 Å². The molecule has 21 heavy (non-hydrogen) atoms. The van der Waals surface area contributed by atoms with Crippen LogP contribution >= 0.6 is 0 Å². The Morgan fingerprint density at radius 1 is 1.10 bits per heavy atom. The highest BCUT2D eigenvalue weighted by atomic mass is 32.2. The van der Waals surface area contributed by atoms with Crippen molar-refractivity contribution in [2.24, 2.45) is 0 Å². The minimum Gasteiger partial charge on any atom is -0.328 e. The van der Waals surface area contributed by atoms with E-state index in [1.54, 1.807) is 6.07 Å². The second kappa shape index (κ2) is 5.02. The lowest BCUT2D eigenvalue weighted by Crippen LogP contribution is -2.15. The molecule has 2 heterocycles. The summed E-state index contributed by atoms with van der Waals surface area (Å²) in [5, 5.41) is 0.833. The van der Waals surface area contributed by atoms with Crippen molar-refractivity contribution in [1.29, 1.82) is 0 Å². The molecule has 0 unspecified atom stereocenters. The van der Waals surface area contributed by atoms with E-state index < -0.39 is 10.0 Å². The van der Waals surface area contributed by atoms with Crippen molar-refractivity contribution in [2.75, 3.05) is 4.72 Å². The molecule has 0 aliphatic carbocycles. The van der Waals surface area contributed by atoms with Gasteiger partial charge >= 0.3 is 0 Å². The van der Waals surface area contributed by atoms with Gasteiger partial charge in [0.05, 0.1) is 17.4 Å². The molecule has 0 amide bonds. The van der Waals surface area contributed by atoms with Crippen LogP contribution in [0.4, 0.5) is 5.69 Å². The van der Waals surface area contributed by atoms with Crippen LogP contribution in [0.1, 0.15) is 0 Å². The van der Waals surface area contributed by atoms with Crippen molar-refractivity contribution in [3.05, 3.63) is 65.2 Å². The Morgan fingerprint density at radius 2 is 1.90 bits per heavy atom. The first-order valence-corrected chi connectivity index (χ1v) is 7.59. The van der Waals surface area contributed by atoms with Crippen LogP contribution in [0.5, 0.6) is 0 Å². The predicted molar refractivity (Wildman–Crippen MR) is 79.6 cm³/mol. The van der Waals surface area contributed by atoms with Crippen molar-refractivity contribution in [3.63, 3.8) is 0 Å². The maximum Gasteiger partial charge on any atom is 0.263 e. The zero-order valence-electron chi connectivity index (χ0n) is 10.8. The predicted octanol–water partition coefficient (Wildman–Crippen LogP) is 1.72. The molecule has 3 aromatic rings. The summed E-state index contributed by atoms with van der Waals surface area (Å²) in [6.07, 6.45) is 2.60. The number of pyridine rings is 2. The number of hydrogen-bond donors (Lipinski definition) is 2. The van der Waals surface area contributed by atoms with E-state index in [0.717, 1.165) is 23.2 Å². The van der Waals surface area contributed by atoms with E-state index in [4.69, 9.17) is 0 Å². The molecule has 6 nitrogen and oxygen atoms in total. The fourth-order valence-corrected chi connectivity index (χ4v) is 2.91. The Balaban J connectivity index is 1.97. The lowest BCUT2D eigenvalue weighted by molar-refractivity contribution is 0.600. The molecule has 0 radical (unpaired) electrons. The molecule has 7 heteroatoms. The van der Waals surface area contributed by atoms with Gasteiger partial charge in [-0.15, -0.1) is 0 Å². The number of benzene rings is 1. The molecule has 0 aliphatic heterocycles. The minimum atomic E-state index is -3.76. The number of nitrogens with zero attached hydrogens (tertiary/aromatic N) is 1. The highest BCUT2D eigenvalue weighted by Crippen LogP contribution is 2.19. The van der Waals surface area contributed by atoms with Crippen molar-refractivity contribution in [2.45, 2.75) is 4.90 Å². The van der Waals surface area contributed by atoms with E-state index >= 15 is 0 Å². The maximum atomic E-state index is 12.2. The number of para-hydroxylation sites is 1. The lowest BCUT2D eigenvalue weighted by atomic mass is 10.2. The van der Waals surface area contributed by atoms with Crippen LogP contribution in [0, 0.1) is 0 Å². The van der Waals surface area contributed by atoms with Gasteiger partial charge in [-0.05, 0) is 18.2 Å². The molecule has 0 bridgehead atoms. The van der Waals surface area contributed by atoms with E-state index in [9.17, 15) is 13.2 Å². The Bertz CT molecular complexity index is 944. The molecule has 3 rings (SSSR count). The third-order valence-corrected chi connectivity index (χ3v) is 4.29. The lowest BCUT2D eigenvalue weighted by Gasteiger charge is -2.08. The third kappa shape index (κ3) is 2.77.